The van der Waals surface area contributed by atoms with Gasteiger partial charge in [-0.05, 0) is 63.5 Å². The van der Waals surface area contributed by atoms with Crippen LogP contribution in [0.1, 0.15) is 51.6 Å². The molecule has 0 amide bonds. The van der Waals surface area contributed by atoms with Gasteiger partial charge in [0.25, 0.3) is 0 Å². The van der Waals surface area contributed by atoms with E-state index in [0.717, 1.165) is 41.5 Å². The first-order valence-corrected chi connectivity index (χ1v) is 11.5. The van der Waals surface area contributed by atoms with Crippen LogP contribution in [0.2, 0.25) is 0 Å². The number of aryl methyl sites for hydroxylation is 1. The Morgan fingerprint density at radius 1 is 0.967 bits per heavy atom. The van der Waals surface area contributed by atoms with Crippen molar-refractivity contribution in [2.24, 2.45) is 0 Å². The third kappa shape index (κ3) is 7.16. The third-order valence-corrected chi connectivity index (χ3v) is 5.93. The SMILES string of the molecule is CCCCN(CCCC)CCCOc1ccc(-c2nc3sccn3c2C)cc1.Cl.Cl. The molecule has 0 spiro atoms. The Labute approximate surface area is 197 Å². The second-order valence-electron chi connectivity index (χ2n) is 7.38. The van der Waals surface area contributed by atoms with E-state index >= 15 is 0 Å². The van der Waals surface area contributed by atoms with Gasteiger partial charge in [0.2, 0.25) is 0 Å². The highest BCUT2D eigenvalue weighted by molar-refractivity contribution is 7.15. The summed E-state index contributed by atoms with van der Waals surface area (Å²) in [6.07, 6.45) is 8.26. The van der Waals surface area contributed by atoms with Gasteiger partial charge in [-0.15, -0.1) is 36.2 Å². The van der Waals surface area contributed by atoms with Gasteiger partial charge in [0, 0.05) is 29.4 Å². The fourth-order valence-electron chi connectivity index (χ4n) is 3.46. The molecule has 0 unspecified atom stereocenters. The lowest BCUT2D eigenvalue weighted by Gasteiger charge is -2.21. The van der Waals surface area contributed by atoms with E-state index in [2.05, 4.69) is 65.9 Å². The first-order valence-electron chi connectivity index (χ1n) is 10.6. The molecule has 2 heterocycles. The van der Waals surface area contributed by atoms with Crippen LogP contribution in [0.15, 0.2) is 35.8 Å². The number of ether oxygens (including phenoxy) is 1. The van der Waals surface area contributed by atoms with E-state index in [1.807, 2.05) is 0 Å². The van der Waals surface area contributed by atoms with Crippen LogP contribution in [-0.4, -0.2) is 40.5 Å². The molecular formula is C23H35Cl2N3OS. The van der Waals surface area contributed by atoms with Crippen LogP contribution in [0.4, 0.5) is 0 Å². The van der Waals surface area contributed by atoms with Gasteiger partial charge in [0.1, 0.15) is 5.75 Å². The highest BCUT2D eigenvalue weighted by Crippen LogP contribution is 2.27. The molecular weight excluding hydrogens is 437 g/mol. The number of benzene rings is 1. The lowest BCUT2D eigenvalue weighted by molar-refractivity contribution is 0.229. The smallest absolute Gasteiger partial charge is 0.194 e. The number of halogens is 2. The van der Waals surface area contributed by atoms with Crippen molar-refractivity contribution in [1.82, 2.24) is 14.3 Å². The van der Waals surface area contributed by atoms with Gasteiger partial charge >= 0.3 is 0 Å². The Balaban J connectivity index is 0.00000225. The number of nitrogens with zero attached hydrogens (tertiary/aromatic N) is 3. The van der Waals surface area contributed by atoms with Gasteiger partial charge in [0.15, 0.2) is 4.96 Å². The molecule has 3 aromatic rings. The molecule has 0 fully saturated rings. The second-order valence-corrected chi connectivity index (χ2v) is 8.25. The maximum Gasteiger partial charge on any atom is 0.194 e. The highest BCUT2D eigenvalue weighted by Gasteiger charge is 2.11. The summed E-state index contributed by atoms with van der Waals surface area (Å²) in [4.78, 5) is 8.39. The molecule has 0 N–H and O–H groups in total. The normalized spacial score (nSPS) is 10.8. The quantitative estimate of drug-likeness (QED) is 0.269. The number of unbranched alkanes of at least 4 members (excludes halogenated alkanes) is 2. The molecule has 30 heavy (non-hydrogen) atoms. The molecule has 0 atom stereocenters. The van der Waals surface area contributed by atoms with Crippen molar-refractivity contribution in [3.63, 3.8) is 0 Å². The molecule has 168 valence electrons. The van der Waals surface area contributed by atoms with Crippen LogP contribution < -0.4 is 4.74 Å². The first-order chi connectivity index (χ1) is 13.7. The van der Waals surface area contributed by atoms with Crippen molar-refractivity contribution in [3.8, 4) is 17.0 Å². The minimum atomic E-state index is 0. The Kier molecular flexibility index (Phi) is 12.4. The lowest BCUT2D eigenvalue weighted by Crippen LogP contribution is -2.28. The zero-order valence-corrected chi connectivity index (χ0v) is 20.8. The first kappa shape index (κ1) is 26.8. The Morgan fingerprint density at radius 3 is 2.20 bits per heavy atom. The van der Waals surface area contributed by atoms with E-state index in [0.29, 0.717) is 0 Å². The summed E-state index contributed by atoms with van der Waals surface area (Å²) in [6, 6.07) is 8.36. The number of thiazole rings is 1. The van der Waals surface area contributed by atoms with E-state index in [4.69, 9.17) is 9.72 Å². The van der Waals surface area contributed by atoms with Crippen LogP contribution in [0.25, 0.3) is 16.2 Å². The zero-order valence-electron chi connectivity index (χ0n) is 18.3. The third-order valence-electron chi connectivity index (χ3n) is 5.17. The molecule has 3 rings (SSSR count). The van der Waals surface area contributed by atoms with Crippen LogP contribution in [0.5, 0.6) is 5.75 Å². The number of hydrogen-bond donors (Lipinski definition) is 0. The van der Waals surface area contributed by atoms with E-state index in [1.54, 1.807) is 11.3 Å². The standard InChI is InChI=1S/C23H33N3OS.2ClH/c1-4-6-13-25(14-7-5-2)15-8-17-27-21-11-9-20(10-12-21)22-19(3)26-16-18-28-23(26)24-22;;/h9-12,16,18H,4-8,13-15,17H2,1-3H3;2*1H. The summed E-state index contributed by atoms with van der Waals surface area (Å²) in [5.41, 5.74) is 3.39. The molecule has 4 nitrogen and oxygen atoms in total. The van der Waals surface area contributed by atoms with E-state index < -0.39 is 0 Å². The Hall–Kier alpha value is -1.27. The van der Waals surface area contributed by atoms with Crippen LogP contribution in [0.3, 0.4) is 0 Å². The van der Waals surface area contributed by atoms with Gasteiger partial charge in [-0.3, -0.25) is 4.40 Å². The van der Waals surface area contributed by atoms with Crippen LogP contribution in [-0.2, 0) is 0 Å². The molecule has 0 radical (unpaired) electrons. The predicted octanol–water partition coefficient (Wildman–Crippen LogP) is 6.89. The van der Waals surface area contributed by atoms with Crippen molar-refractivity contribution in [2.75, 3.05) is 26.2 Å². The minimum Gasteiger partial charge on any atom is -0.494 e. The van der Waals surface area contributed by atoms with Crippen molar-refractivity contribution in [2.45, 2.75) is 52.9 Å². The molecule has 2 aromatic heterocycles. The highest BCUT2D eigenvalue weighted by atomic mass is 35.5. The van der Waals surface area contributed by atoms with Crippen LogP contribution >= 0.6 is 36.2 Å². The summed E-state index contributed by atoms with van der Waals surface area (Å²) < 4.78 is 8.13. The summed E-state index contributed by atoms with van der Waals surface area (Å²) >= 11 is 1.67. The van der Waals surface area contributed by atoms with Gasteiger partial charge in [0.05, 0.1) is 12.3 Å². The van der Waals surface area contributed by atoms with Crippen molar-refractivity contribution >= 4 is 41.1 Å². The number of hydrogen-bond acceptors (Lipinski definition) is 4. The molecule has 0 aliphatic carbocycles. The molecule has 0 aliphatic rings. The van der Waals surface area contributed by atoms with E-state index in [1.165, 1.54) is 44.5 Å². The molecule has 1 aromatic carbocycles. The molecule has 0 bridgehead atoms. The lowest BCUT2D eigenvalue weighted by atomic mass is 10.1. The topological polar surface area (TPSA) is 29.8 Å². The van der Waals surface area contributed by atoms with Gasteiger partial charge in [-0.1, -0.05) is 26.7 Å². The number of rotatable bonds is 12. The van der Waals surface area contributed by atoms with E-state index in [9.17, 15) is 0 Å². The largest absolute Gasteiger partial charge is 0.494 e. The minimum absolute atomic E-state index is 0. The van der Waals surface area contributed by atoms with Gasteiger partial charge in [-0.25, -0.2) is 4.98 Å². The van der Waals surface area contributed by atoms with Crippen molar-refractivity contribution in [1.29, 1.82) is 0 Å². The number of imidazole rings is 1. The van der Waals surface area contributed by atoms with Crippen LogP contribution in [0, 0.1) is 6.92 Å². The van der Waals surface area contributed by atoms with Crippen molar-refractivity contribution < 1.29 is 4.74 Å². The molecule has 0 saturated carbocycles. The summed E-state index contributed by atoms with van der Waals surface area (Å²) in [6.45, 7) is 11.0. The Bertz CT molecular complexity index is 840. The fourth-order valence-corrected chi connectivity index (χ4v) is 4.22. The van der Waals surface area contributed by atoms with Gasteiger partial charge < -0.3 is 9.64 Å². The maximum absolute atomic E-state index is 5.98. The fraction of sp³-hybridized carbons (Fsp3) is 0.522. The number of fused-ring (bicyclic) bond motifs is 1. The zero-order chi connectivity index (χ0) is 19.8. The predicted molar refractivity (Wildman–Crippen MR) is 134 cm³/mol. The summed E-state index contributed by atoms with van der Waals surface area (Å²) in [7, 11) is 0. The molecule has 0 saturated heterocycles. The maximum atomic E-state index is 5.98. The monoisotopic (exact) mass is 471 g/mol. The van der Waals surface area contributed by atoms with E-state index in [-0.39, 0.29) is 24.8 Å². The molecule has 7 heteroatoms. The number of aromatic nitrogens is 2. The average molecular weight is 473 g/mol. The molecule has 0 aliphatic heterocycles. The van der Waals surface area contributed by atoms with Gasteiger partial charge in [-0.2, -0.15) is 0 Å². The van der Waals surface area contributed by atoms with Crippen molar-refractivity contribution in [3.05, 3.63) is 41.5 Å². The second kappa shape index (κ2) is 13.9. The Morgan fingerprint density at radius 2 is 1.60 bits per heavy atom. The average Bonchev–Trinajstić information content (AvgIpc) is 3.30. The summed E-state index contributed by atoms with van der Waals surface area (Å²) in [5.74, 6) is 0.941. The summed E-state index contributed by atoms with van der Waals surface area (Å²) in [5, 5.41) is 2.07.